The fraction of sp³-hybridized carbons (Fsp3) is 0.250. The van der Waals surface area contributed by atoms with Gasteiger partial charge in [0.1, 0.15) is 0 Å². The Kier molecular flexibility index (Phi) is 3.05. The maximum absolute atomic E-state index is 7.44. The first-order valence-corrected chi connectivity index (χ1v) is 3.94. The first-order chi connectivity index (χ1) is 5.75. The standard InChI is InChI=1S/C8H9ClN2O/c1-2-12-8(10)6-3-4-11-5-7(6)9/h3-5,10H,2H2,1H3. The average Bonchev–Trinajstić information content (AvgIpc) is 2.05. The summed E-state index contributed by atoms with van der Waals surface area (Å²) < 4.78 is 4.98. The minimum Gasteiger partial charge on any atom is -0.478 e. The molecule has 1 aromatic heterocycles. The van der Waals surface area contributed by atoms with Crippen LogP contribution in [-0.2, 0) is 4.74 Å². The van der Waals surface area contributed by atoms with Crippen molar-refractivity contribution in [1.82, 2.24) is 4.98 Å². The van der Waals surface area contributed by atoms with Gasteiger partial charge in [0.25, 0.3) is 0 Å². The number of rotatable bonds is 2. The lowest BCUT2D eigenvalue weighted by molar-refractivity contribution is 0.325. The topological polar surface area (TPSA) is 46.0 Å². The molecule has 0 atom stereocenters. The third-order valence-electron chi connectivity index (χ3n) is 1.31. The Balaban J connectivity index is 2.87. The van der Waals surface area contributed by atoms with Gasteiger partial charge >= 0.3 is 0 Å². The molecule has 12 heavy (non-hydrogen) atoms. The van der Waals surface area contributed by atoms with Gasteiger partial charge in [-0.05, 0) is 13.0 Å². The van der Waals surface area contributed by atoms with Gasteiger partial charge in [0.05, 0.1) is 17.2 Å². The van der Waals surface area contributed by atoms with E-state index in [0.717, 1.165) is 0 Å². The number of nitrogens with one attached hydrogen (secondary N) is 1. The van der Waals surface area contributed by atoms with E-state index < -0.39 is 0 Å². The van der Waals surface area contributed by atoms with Crippen molar-refractivity contribution >= 4 is 17.5 Å². The highest BCUT2D eigenvalue weighted by Crippen LogP contribution is 2.13. The van der Waals surface area contributed by atoms with Gasteiger partial charge in [0.2, 0.25) is 5.90 Å². The van der Waals surface area contributed by atoms with E-state index in [1.807, 2.05) is 6.92 Å². The highest BCUT2D eigenvalue weighted by Gasteiger charge is 2.05. The third-order valence-corrected chi connectivity index (χ3v) is 1.61. The number of hydrogen-bond acceptors (Lipinski definition) is 3. The lowest BCUT2D eigenvalue weighted by Gasteiger charge is -2.05. The molecule has 0 saturated heterocycles. The van der Waals surface area contributed by atoms with Crippen LogP contribution in [-0.4, -0.2) is 17.5 Å². The quantitative estimate of drug-likeness (QED) is 0.565. The van der Waals surface area contributed by atoms with Crippen LogP contribution in [0.2, 0.25) is 5.02 Å². The zero-order chi connectivity index (χ0) is 8.97. The van der Waals surface area contributed by atoms with E-state index in [1.54, 1.807) is 12.3 Å². The predicted molar refractivity (Wildman–Crippen MR) is 47.7 cm³/mol. The predicted octanol–water partition coefficient (Wildman–Crippen LogP) is 2.10. The summed E-state index contributed by atoms with van der Waals surface area (Å²) in [5.74, 6) is 0.0879. The number of pyridine rings is 1. The zero-order valence-electron chi connectivity index (χ0n) is 6.67. The Hall–Kier alpha value is -1.09. The van der Waals surface area contributed by atoms with Crippen molar-refractivity contribution in [2.24, 2.45) is 0 Å². The summed E-state index contributed by atoms with van der Waals surface area (Å²) in [6.07, 6.45) is 3.07. The van der Waals surface area contributed by atoms with E-state index in [1.165, 1.54) is 6.20 Å². The highest BCUT2D eigenvalue weighted by atomic mass is 35.5. The van der Waals surface area contributed by atoms with Crippen molar-refractivity contribution in [2.45, 2.75) is 6.92 Å². The molecule has 0 unspecified atom stereocenters. The Labute approximate surface area is 75.8 Å². The number of hydrogen-bond donors (Lipinski definition) is 1. The van der Waals surface area contributed by atoms with Gasteiger partial charge in [-0.25, -0.2) is 0 Å². The molecule has 0 amide bonds. The monoisotopic (exact) mass is 184 g/mol. The summed E-state index contributed by atoms with van der Waals surface area (Å²) in [6, 6.07) is 1.65. The molecule has 3 nitrogen and oxygen atoms in total. The van der Waals surface area contributed by atoms with Crippen molar-refractivity contribution in [3.8, 4) is 0 Å². The maximum Gasteiger partial charge on any atom is 0.214 e. The smallest absolute Gasteiger partial charge is 0.214 e. The minimum atomic E-state index is 0.0879. The Bertz CT molecular complexity index is 288. The molecule has 0 fully saturated rings. The molecule has 1 heterocycles. The third kappa shape index (κ3) is 1.95. The van der Waals surface area contributed by atoms with Gasteiger partial charge in [0, 0.05) is 12.4 Å². The summed E-state index contributed by atoms with van der Waals surface area (Å²) in [6.45, 7) is 2.29. The van der Waals surface area contributed by atoms with E-state index in [9.17, 15) is 0 Å². The molecule has 0 saturated carbocycles. The second-order valence-corrected chi connectivity index (χ2v) is 2.52. The highest BCUT2D eigenvalue weighted by molar-refractivity contribution is 6.33. The van der Waals surface area contributed by atoms with Gasteiger partial charge < -0.3 is 4.74 Å². The van der Waals surface area contributed by atoms with E-state index in [2.05, 4.69) is 4.98 Å². The number of halogens is 1. The summed E-state index contributed by atoms with van der Waals surface area (Å²) in [4.78, 5) is 3.80. The zero-order valence-corrected chi connectivity index (χ0v) is 7.43. The molecule has 0 bridgehead atoms. The Morgan fingerprint density at radius 3 is 3.08 bits per heavy atom. The van der Waals surface area contributed by atoms with Crippen molar-refractivity contribution in [3.63, 3.8) is 0 Å². The van der Waals surface area contributed by atoms with Gasteiger partial charge in [-0.3, -0.25) is 10.4 Å². The summed E-state index contributed by atoms with van der Waals surface area (Å²) in [5, 5.41) is 7.88. The van der Waals surface area contributed by atoms with Gasteiger partial charge in [-0.15, -0.1) is 0 Å². The van der Waals surface area contributed by atoms with Crippen LogP contribution in [0, 0.1) is 5.41 Å². The maximum atomic E-state index is 7.44. The first kappa shape index (κ1) is 9.00. The molecule has 4 heteroatoms. The molecule has 0 aromatic carbocycles. The second-order valence-electron chi connectivity index (χ2n) is 2.12. The summed E-state index contributed by atoms with van der Waals surface area (Å²) in [7, 11) is 0. The lowest BCUT2D eigenvalue weighted by Crippen LogP contribution is -2.05. The molecule has 64 valence electrons. The van der Waals surface area contributed by atoms with Crippen LogP contribution in [0.25, 0.3) is 0 Å². The molecule has 0 radical (unpaired) electrons. The molecule has 0 spiro atoms. The molecule has 0 aliphatic carbocycles. The lowest BCUT2D eigenvalue weighted by atomic mass is 10.3. The minimum absolute atomic E-state index is 0.0879. The van der Waals surface area contributed by atoms with E-state index >= 15 is 0 Å². The molecule has 0 aliphatic rings. The van der Waals surface area contributed by atoms with Gasteiger partial charge in [-0.2, -0.15) is 0 Å². The fourth-order valence-corrected chi connectivity index (χ4v) is 0.987. The normalized spacial score (nSPS) is 9.50. The van der Waals surface area contributed by atoms with Crippen LogP contribution >= 0.6 is 11.6 Å². The van der Waals surface area contributed by atoms with Crippen molar-refractivity contribution in [1.29, 1.82) is 5.41 Å². The first-order valence-electron chi connectivity index (χ1n) is 3.57. The SMILES string of the molecule is CCOC(=N)c1ccncc1Cl. The Morgan fingerprint density at radius 1 is 1.75 bits per heavy atom. The van der Waals surface area contributed by atoms with Crippen LogP contribution in [0.1, 0.15) is 12.5 Å². The van der Waals surface area contributed by atoms with Crippen LogP contribution in [0.4, 0.5) is 0 Å². The van der Waals surface area contributed by atoms with E-state index in [0.29, 0.717) is 17.2 Å². The second kappa shape index (κ2) is 4.07. The van der Waals surface area contributed by atoms with Gasteiger partial charge in [-0.1, -0.05) is 11.6 Å². The fourth-order valence-electron chi connectivity index (χ4n) is 0.781. The number of aromatic nitrogens is 1. The largest absolute Gasteiger partial charge is 0.478 e. The number of ether oxygens (including phenoxy) is 1. The molecular formula is C8H9ClN2O. The molecule has 1 N–H and O–H groups in total. The molecular weight excluding hydrogens is 176 g/mol. The van der Waals surface area contributed by atoms with Crippen molar-refractivity contribution < 1.29 is 4.74 Å². The van der Waals surface area contributed by atoms with Crippen LogP contribution < -0.4 is 0 Å². The van der Waals surface area contributed by atoms with E-state index in [4.69, 9.17) is 21.7 Å². The Morgan fingerprint density at radius 2 is 2.50 bits per heavy atom. The molecule has 1 aromatic rings. The number of nitrogens with zero attached hydrogens (tertiary/aromatic N) is 1. The summed E-state index contributed by atoms with van der Waals surface area (Å²) >= 11 is 5.77. The van der Waals surface area contributed by atoms with Crippen LogP contribution in [0.5, 0.6) is 0 Å². The van der Waals surface area contributed by atoms with Gasteiger partial charge in [0.15, 0.2) is 0 Å². The molecule has 0 aliphatic heterocycles. The summed E-state index contributed by atoms with van der Waals surface area (Å²) in [5.41, 5.74) is 0.577. The average molecular weight is 185 g/mol. The van der Waals surface area contributed by atoms with Crippen LogP contribution in [0.15, 0.2) is 18.5 Å². The van der Waals surface area contributed by atoms with Crippen LogP contribution in [0.3, 0.4) is 0 Å². The van der Waals surface area contributed by atoms with Crippen molar-refractivity contribution in [3.05, 3.63) is 29.0 Å². The van der Waals surface area contributed by atoms with Crippen molar-refractivity contribution in [2.75, 3.05) is 6.61 Å². The van der Waals surface area contributed by atoms with E-state index in [-0.39, 0.29) is 5.90 Å². The molecule has 1 rings (SSSR count).